The molecule has 1 fully saturated rings. The van der Waals surface area contributed by atoms with Gasteiger partial charge in [-0.05, 0) is 56.8 Å². The summed E-state index contributed by atoms with van der Waals surface area (Å²) in [6.07, 6.45) is 1.50. The number of rotatable bonds is 6. The van der Waals surface area contributed by atoms with Crippen molar-refractivity contribution in [3.05, 3.63) is 46.0 Å². The minimum absolute atomic E-state index is 0.0253. The summed E-state index contributed by atoms with van der Waals surface area (Å²) in [4.78, 5) is 30.3. The van der Waals surface area contributed by atoms with Crippen LogP contribution in [-0.2, 0) is 4.79 Å². The highest BCUT2D eigenvalue weighted by Crippen LogP contribution is 2.45. The molecule has 3 heterocycles. The Morgan fingerprint density at radius 1 is 1.38 bits per heavy atom. The van der Waals surface area contributed by atoms with Crippen molar-refractivity contribution in [3.8, 4) is 0 Å². The third kappa shape index (κ3) is 3.69. The van der Waals surface area contributed by atoms with Gasteiger partial charge in [-0.2, -0.15) is 0 Å². The van der Waals surface area contributed by atoms with Gasteiger partial charge in [0.2, 0.25) is 5.91 Å². The smallest absolute Gasteiger partial charge is 0.289 e. The summed E-state index contributed by atoms with van der Waals surface area (Å²) in [5.74, 6) is 0.336. The molecule has 0 radical (unpaired) electrons. The molecule has 2 aromatic heterocycles. The zero-order valence-corrected chi connectivity index (χ0v) is 17.1. The Kier molecular flexibility index (Phi) is 5.77. The first kappa shape index (κ1) is 19.0. The molecule has 1 saturated heterocycles. The van der Waals surface area contributed by atoms with E-state index >= 15 is 0 Å². The van der Waals surface area contributed by atoms with Crippen LogP contribution in [0.25, 0.3) is 0 Å². The topological polar surface area (TPSA) is 53.8 Å². The van der Waals surface area contributed by atoms with E-state index < -0.39 is 0 Å². The van der Waals surface area contributed by atoms with Gasteiger partial charge >= 0.3 is 0 Å². The summed E-state index contributed by atoms with van der Waals surface area (Å²) in [6, 6.07) is 5.50. The molecule has 0 aliphatic carbocycles. The lowest BCUT2D eigenvalue weighted by atomic mass is 10.2. The first-order chi connectivity index (χ1) is 12.4. The van der Waals surface area contributed by atoms with Crippen LogP contribution in [0.15, 0.2) is 34.3 Å². The maximum Gasteiger partial charge on any atom is 0.289 e. The average Bonchev–Trinajstić information content (AvgIpc) is 3.31. The lowest BCUT2D eigenvalue weighted by Crippen LogP contribution is -2.43. The predicted octanol–water partition coefficient (Wildman–Crippen LogP) is 4.16. The Hall–Kier alpha value is -1.73. The van der Waals surface area contributed by atoms with Crippen LogP contribution >= 0.6 is 23.1 Å². The fourth-order valence-electron chi connectivity index (χ4n) is 3.09. The number of hydrogen-bond donors (Lipinski definition) is 0. The Morgan fingerprint density at radius 2 is 2.15 bits per heavy atom. The van der Waals surface area contributed by atoms with Crippen molar-refractivity contribution in [1.82, 2.24) is 9.80 Å². The van der Waals surface area contributed by atoms with Crippen LogP contribution in [0.5, 0.6) is 0 Å². The molecule has 26 heavy (non-hydrogen) atoms. The van der Waals surface area contributed by atoms with E-state index in [1.165, 1.54) is 16.7 Å². The van der Waals surface area contributed by atoms with Crippen LogP contribution in [0, 0.1) is 6.92 Å². The molecular formula is C19H24N2O3S2. The van der Waals surface area contributed by atoms with Crippen molar-refractivity contribution in [2.24, 2.45) is 0 Å². The van der Waals surface area contributed by atoms with E-state index in [1.54, 1.807) is 40.1 Å². The molecule has 0 unspecified atom stereocenters. The molecular weight excluding hydrogens is 368 g/mol. The van der Waals surface area contributed by atoms with Crippen molar-refractivity contribution in [2.75, 3.05) is 13.1 Å². The van der Waals surface area contributed by atoms with Crippen molar-refractivity contribution >= 4 is 34.9 Å². The second-order valence-corrected chi connectivity index (χ2v) is 9.07. The Bertz CT molecular complexity index is 770. The molecule has 5 nitrogen and oxygen atoms in total. The molecule has 0 aromatic carbocycles. The second kappa shape index (κ2) is 7.88. The molecule has 2 atom stereocenters. The average molecular weight is 393 g/mol. The lowest BCUT2D eigenvalue weighted by Gasteiger charge is -2.30. The quantitative estimate of drug-likeness (QED) is 0.741. The highest BCUT2D eigenvalue weighted by Gasteiger charge is 2.39. The van der Waals surface area contributed by atoms with Gasteiger partial charge in [-0.3, -0.25) is 9.59 Å². The monoisotopic (exact) mass is 392 g/mol. The van der Waals surface area contributed by atoms with E-state index in [0.717, 1.165) is 0 Å². The number of furan rings is 1. The van der Waals surface area contributed by atoms with Crippen molar-refractivity contribution in [3.63, 3.8) is 0 Å². The second-order valence-electron chi connectivity index (χ2n) is 6.70. The molecule has 1 aliphatic rings. The number of nitrogens with zero attached hydrogens (tertiary/aromatic N) is 2. The zero-order chi connectivity index (χ0) is 18.8. The van der Waals surface area contributed by atoms with Crippen molar-refractivity contribution < 1.29 is 14.0 Å². The largest absolute Gasteiger partial charge is 0.459 e. The van der Waals surface area contributed by atoms with E-state index in [4.69, 9.17) is 4.42 Å². The Labute approximate surface area is 162 Å². The molecule has 2 amide bonds. The number of thioether (sulfide) groups is 1. The standard InChI is InChI=1S/C19H24N2O3S2/c1-12(2)20(18(23)15-6-5-10-24-15)8-9-21-17(22)14(4)26-19(21)16-13(3)7-11-25-16/h5-7,10-12,14,19H,8-9H2,1-4H3/t14-,19+/m0/s1. The van der Waals surface area contributed by atoms with Gasteiger partial charge < -0.3 is 14.2 Å². The molecule has 0 bridgehead atoms. The van der Waals surface area contributed by atoms with Crippen LogP contribution in [0.2, 0.25) is 0 Å². The molecule has 0 spiro atoms. The van der Waals surface area contributed by atoms with E-state index in [1.807, 2.05) is 25.7 Å². The lowest BCUT2D eigenvalue weighted by molar-refractivity contribution is -0.130. The zero-order valence-electron chi connectivity index (χ0n) is 15.5. The van der Waals surface area contributed by atoms with Gasteiger partial charge in [0.05, 0.1) is 11.5 Å². The normalized spacial score (nSPS) is 20.2. The molecule has 2 aromatic rings. The van der Waals surface area contributed by atoms with Crippen LogP contribution in [0.3, 0.4) is 0 Å². The summed E-state index contributed by atoms with van der Waals surface area (Å²) in [5.41, 5.74) is 1.21. The summed E-state index contributed by atoms with van der Waals surface area (Å²) in [5, 5.41) is 2.04. The highest BCUT2D eigenvalue weighted by atomic mass is 32.2. The Balaban J connectivity index is 1.75. The van der Waals surface area contributed by atoms with Gasteiger partial charge in [-0.25, -0.2) is 0 Å². The fourth-order valence-corrected chi connectivity index (χ4v) is 5.65. The third-order valence-corrected chi connectivity index (χ3v) is 7.15. The van der Waals surface area contributed by atoms with Crippen LogP contribution in [0.4, 0.5) is 0 Å². The first-order valence-corrected chi connectivity index (χ1v) is 10.6. The first-order valence-electron chi connectivity index (χ1n) is 8.74. The van der Waals surface area contributed by atoms with Gasteiger partial charge in [0.1, 0.15) is 5.37 Å². The van der Waals surface area contributed by atoms with E-state index in [9.17, 15) is 9.59 Å². The minimum atomic E-state index is -0.138. The van der Waals surface area contributed by atoms with Gasteiger partial charge in [0.15, 0.2) is 5.76 Å². The maximum absolute atomic E-state index is 12.7. The van der Waals surface area contributed by atoms with Crippen molar-refractivity contribution in [2.45, 2.75) is 44.4 Å². The molecule has 0 saturated carbocycles. The van der Waals surface area contributed by atoms with Crippen molar-refractivity contribution in [1.29, 1.82) is 0 Å². The van der Waals surface area contributed by atoms with Crippen LogP contribution in [-0.4, -0.2) is 46.0 Å². The molecule has 1 aliphatic heterocycles. The predicted molar refractivity (Wildman–Crippen MR) is 105 cm³/mol. The fraction of sp³-hybridized carbons (Fsp3) is 0.474. The SMILES string of the molecule is Cc1ccsc1[C@H]1S[C@@H](C)C(=O)N1CCN(C(=O)c1ccco1)C(C)C. The van der Waals surface area contributed by atoms with E-state index in [0.29, 0.717) is 18.8 Å². The number of hydrogen-bond acceptors (Lipinski definition) is 5. The summed E-state index contributed by atoms with van der Waals surface area (Å²) in [6.45, 7) is 8.99. The molecule has 140 valence electrons. The third-order valence-electron chi connectivity index (χ3n) is 4.57. The number of thiophene rings is 1. The van der Waals surface area contributed by atoms with Gasteiger partial charge in [-0.15, -0.1) is 23.1 Å². The number of aryl methyl sites for hydroxylation is 1. The van der Waals surface area contributed by atoms with E-state index in [-0.39, 0.29) is 28.5 Å². The number of amides is 2. The minimum Gasteiger partial charge on any atom is -0.459 e. The van der Waals surface area contributed by atoms with Gasteiger partial charge in [0, 0.05) is 24.0 Å². The highest BCUT2D eigenvalue weighted by molar-refractivity contribution is 8.01. The van der Waals surface area contributed by atoms with Gasteiger partial charge in [-0.1, -0.05) is 0 Å². The molecule has 3 rings (SSSR count). The molecule has 0 N–H and O–H groups in total. The maximum atomic E-state index is 12.7. The van der Waals surface area contributed by atoms with Crippen LogP contribution < -0.4 is 0 Å². The summed E-state index contributed by atoms with van der Waals surface area (Å²) < 4.78 is 5.26. The number of carbonyl (C=O) groups is 2. The summed E-state index contributed by atoms with van der Waals surface area (Å²) in [7, 11) is 0. The summed E-state index contributed by atoms with van der Waals surface area (Å²) >= 11 is 3.37. The van der Waals surface area contributed by atoms with Gasteiger partial charge in [0.25, 0.3) is 5.91 Å². The molecule has 7 heteroatoms. The Morgan fingerprint density at radius 3 is 2.73 bits per heavy atom. The van der Waals surface area contributed by atoms with E-state index in [2.05, 4.69) is 18.4 Å². The number of carbonyl (C=O) groups excluding carboxylic acids is 2. The van der Waals surface area contributed by atoms with Crippen LogP contribution in [0.1, 0.15) is 47.1 Å².